The predicted octanol–water partition coefficient (Wildman–Crippen LogP) is 4.27. The molecule has 0 bridgehead atoms. The number of benzene rings is 1. The summed E-state index contributed by atoms with van der Waals surface area (Å²) in [6.45, 7) is 1.81. The fourth-order valence-electron chi connectivity index (χ4n) is 2.83. The topological polar surface area (TPSA) is 106 Å². The second-order valence-electron chi connectivity index (χ2n) is 6.30. The Morgan fingerprint density at radius 2 is 2.03 bits per heavy atom. The molecule has 3 heterocycles. The number of carboxylic acid groups (broad SMARTS) is 1. The Kier molecular flexibility index (Phi) is 5.11. The Bertz CT molecular complexity index is 1260. The Hall–Kier alpha value is -3.85. The van der Waals surface area contributed by atoms with Gasteiger partial charge in [0.05, 0.1) is 10.6 Å². The van der Waals surface area contributed by atoms with Gasteiger partial charge in [-0.1, -0.05) is 11.6 Å². The number of hydrogen-bond donors (Lipinski definition) is 2. The number of anilines is 2. The van der Waals surface area contributed by atoms with E-state index in [1.54, 1.807) is 23.2 Å². The first-order chi connectivity index (χ1) is 14.4. The van der Waals surface area contributed by atoms with Crippen LogP contribution in [0.4, 0.5) is 16.0 Å². The third-order valence-electron chi connectivity index (χ3n) is 4.29. The monoisotopic (exact) mass is 424 g/mol. The summed E-state index contributed by atoms with van der Waals surface area (Å²) in [6.07, 6.45) is 7.71. The quantitative estimate of drug-likeness (QED) is 0.492. The molecule has 3 aromatic heterocycles. The van der Waals surface area contributed by atoms with E-state index in [4.69, 9.17) is 11.6 Å². The zero-order valence-electron chi connectivity index (χ0n) is 15.5. The van der Waals surface area contributed by atoms with Crippen molar-refractivity contribution in [2.45, 2.75) is 6.92 Å². The van der Waals surface area contributed by atoms with Gasteiger partial charge in [-0.3, -0.25) is 9.55 Å². The van der Waals surface area contributed by atoms with E-state index in [1.165, 1.54) is 36.7 Å². The van der Waals surface area contributed by atoms with Crippen LogP contribution in [0.15, 0.2) is 55.2 Å². The number of rotatable bonds is 5. The molecule has 0 radical (unpaired) electrons. The predicted molar refractivity (Wildman–Crippen MR) is 109 cm³/mol. The molecule has 4 aromatic rings. The van der Waals surface area contributed by atoms with E-state index in [1.807, 2.05) is 6.92 Å². The molecule has 0 unspecified atom stereocenters. The van der Waals surface area contributed by atoms with Gasteiger partial charge in [0.15, 0.2) is 5.82 Å². The summed E-state index contributed by atoms with van der Waals surface area (Å²) in [7, 11) is 0. The number of carbonyl (C=O) groups is 1. The molecular weight excluding hydrogens is 411 g/mol. The molecule has 0 atom stereocenters. The normalized spacial score (nSPS) is 10.8. The van der Waals surface area contributed by atoms with Crippen LogP contribution in [0.2, 0.25) is 5.02 Å². The van der Waals surface area contributed by atoms with Crippen molar-refractivity contribution in [1.29, 1.82) is 0 Å². The standard InChI is InChI=1S/C20H14ClFN6O2/c1-11-24-4-5-28(11)18-15(12-6-13(19(29)30)9-23-8-12)10-25-20(27-18)26-14-2-3-17(22)16(21)7-14/h2-10H,1H3,(H,29,30)(H,25,26,27). The first-order valence-electron chi connectivity index (χ1n) is 8.70. The van der Waals surface area contributed by atoms with Crippen LogP contribution in [0.25, 0.3) is 16.9 Å². The van der Waals surface area contributed by atoms with Gasteiger partial charge in [-0.05, 0) is 31.2 Å². The average molecular weight is 425 g/mol. The maximum Gasteiger partial charge on any atom is 0.337 e. The van der Waals surface area contributed by atoms with Gasteiger partial charge in [0.2, 0.25) is 5.95 Å². The van der Waals surface area contributed by atoms with Crippen LogP contribution in [0.1, 0.15) is 16.2 Å². The summed E-state index contributed by atoms with van der Waals surface area (Å²) in [6, 6.07) is 5.68. The molecule has 0 aliphatic heterocycles. The largest absolute Gasteiger partial charge is 0.478 e. The lowest BCUT2D eigenvalue weighted by Crippen LogP contribution is -2.07. The van der Waals surface area contributed by atoms with Gasteiger partial charge in [0.1, 0.15) is 11.6 Å². The lowest BCUT2D eigenvalue weighted by molar-refractivity contribution is 0.0696. The summed E-state index contributed by atoms with van der Waals surface area (Å²) in [5.74, 6) is -0.226. The molecule has 0 aliphatic carbocycles. The Labute approximate surface area is 175 Å². The van der Waals surface area contributed by atoms with E-state index in [9.17, 15) is 14.3 Å². The third-order valence-corrected chi connectivity index (χ3v) is 4.58. The summed E-state index contributed by atoms with van der Waals surface area (Å²) in [5, 5.41) is 12.2. The van der Waals surface area contributed by atoms with Crippen LogP contribution in [0.5, 0.6) is 0 Å². The highest BCUT2D eigenvalue weighted by Gasteiger charge is 2.15. The van der Waals surface area contributed by atoms with Crippen LogP contribution in [-0.4, -0.2) is 35.6 Å². The van der Waals surface area contributed by atoms with Crippen molar-refractivity contribution in [3.63, 3.8) is 0 Å². The zero-order chi connectivity index (χ0) is 21.3. The van der Waals surface area contributed by atoms with Crippen molar-refractivity contribution < 1.29 is 14.3 Å². The fraction of sp³-hybridized carbons (Fsp3) is 0.0500. The number of halogens is 2. The minimum absolute atomic E-state index is 0.0288. The number of nitrogens with one attached hydrogen (secondary N) is 1. The number of pyridine rings is 1. The Morgan fingerprint density at radius 3 is 2.73 bits per heavy atom. The van der Waals surface area contributed by atoms with E-state index in [0.717, 1.165) is 0 Å². The van der Waals surface area contributed by atoms with Gasteiger partial charge in [0.25, 0.3) is 0 Å². The Morgan fingerprint density at radius 1 is 1.20 bits per heavy atom. The number of hydrogen-bond acceptors (Lipinski definition) is 6. The molecule has 10 heteroatoms. The minimum atomic E-state index is -1.09. The minimum Gasteiger partial charge on any atom is -0.478 e. The summed E-state index contributed by atoms with van der Waals surface area (Å²) in [4.78, 5) is 28.4. The number of aryl methyl sites for hydroxylation is 1. The second-order valence-corrected chi connectivity index (χ2v) is 6.70. The molecule has 30 heavy (non-hydrogen) atoms. The summed E-state index contributed by atoms with van der Waals surface area (Å²) >= 11 is 5.84. The van der Waals surface area contributed by atoms with Gasteiger partial charge in [-0.15, -0.1) is 0 Å². The van der Waals surface area contributed by atoms with Crippen LogP contribution < -0.4 is 5.32 Å². The van der Waals surface area contributed by atoms with E-state index in [2.05, 4.69) is 25.3 Å². The van der Waals surface area contributed by atoms with Crippen molar-refractivity contribution in [3.8, 4) is 16.9 Å². The molecule has 4 rings (SSSR count). The molecule has 8 nitrogen and oxygen atoms in total. The SMILES string of the molecule is Cc1nccn1-c1nc(Nc2ccc(F)c(Cl)c2)ncc1-c1cncc(C(=O)O)c1. The molecule has 0 aliphatic rings. The van der Waals surface area contributed by atoms with Crippen molar-refractivity contribution in [3.05, 3.63) is 77.5 Å². The number of aromatic carboxylic acids is 1. The van der Waals surface area contributed by atoms with Crippen molar-refractivity contribution >= 4 is 29.2 Å². The maximum absolute atomic E-state index is 13.4. The van der Waals surface area contributed by atoms with Crippen LogP contribution in [0.3, 0.4) is 0 Å². The van der Waals surface area contributed by atoms with Gasteiger partial charge < -0.3 is 10.4 Å². The molecule has 0 fully saturated rings. The zero-order valence-corrected chi connectivity index (χ0v) is 16.3. The molecular formula is C20H14ClFN6O2. The molecule has 0 saturated heterocycles. The summed E-state index contributed by atoms with van der Waals surface area (Å²) in [5.41, 5.74) is 1.66. The van der Waals surface area contributed by atoms with Crippen LogP contribution in [0, 0.1) is 12.7 Å². The van der Waals surface area contributed by atoms with Crippen molar-refractivity contribution in [2.75, 3.05) is 5.32 Å². The van der Waals surface area contributed by atoms with Gasteiger partial charge in [0, 0.05) is 47.8 Å². The first kappa shape index (κ1) is 19.5. The molecule has 0 saturated carbocycles. The molecule has 2 N–H and O–H groups in total. The number of carboxylic acids is 1. The number of nitrogens with zero attached hydrogens (tertiary/aromatic N) is 5. The van der Waals surface area contributed by atoms with Gasteiger partial charge in [-0.25, -0.2) is 19.2 Å². The first-order valence-corrected chi connectivity index (χ1v) is 9.08. The smallest absolute Gasteiger partial charge is 0.337 e. The molecule has 1 aromatic carbocycles. The van der Waals surface area contributed by atoms with Crippen LogP contribution >= 0.6 is 11.6 Å². The Balaban J connectivity index is 1.81. The van der Waals surface area contributed by atoms with Gasteiger partial charge >= 0.3 is 5.97 Å². The summed E-state index contributed by atoms with van der Waals surface area (Å²) < 4.78 is 15.2. The second kappa shape index (κ2) is 7.88. The highest BCUT2D eigenvalue weighted by atomic mass is 35.5. The maximum atomic E-state index is 13.4. The van der Waals surface area contributed by atoms with Gasteiger partial charge in [-0.2, -0.15) is 4.98 Å². The van der Waals surface area contributed by atoms with E-state index >= 15 is 0 Å². The van der Waals surface area contributed by atoms with E-state index in [0.29, 0.717) is 28.5 Å². The third kappa shape index (κ3) is 3.83. The lowest BCUT2D eigenvalue weighted by atomic mass is 10.1. The lowest BCUT2D eigenvalue weighted by Gasteiger charge is -2.13. The molecule has 0 spiro atoms. The molecule has 150 valence electrons. The van der Waals surface area contributed by atoms with E-state index < -0.39 is 11.8 Å². The highest BCUT2D eigenvalue weighted by molar-refractivity contribution is 6.31. The highest BCUT2D eigenvalue weighted by Crippen LogP contribution is 2.28. The number of imidazole rings is 1. The fourth-order valence-corrected chi connectivity index (χ4v) is 3.01. The van der Waals surface area contributed by atoms with Crippen molar-refractivity contribution in [1.82, 2.24) is 24.5 Å². The number of aromatic nitrogens is 5. The van der Waals surface area contributed by atoms with E-state index in [-0.39, 0.29) is 16.5 Å². The van der Waals surface area contributed by atoms with Crippen LogP contribution in [-0.2, 0) is 0 Å². The van der Waals surface area contributed by atoms with Crippen molar-refractivity contribution in [2.24, 2.45) is 0 Å². The molecule has 0 amide bonds. The average Bonchev–Trinajstić information content (AvgIpc) is 3.16.